The molecule has 1 heterocycles. The van der Waals surface area contributed by atoms with E-state index < -0.39 is 15.5 Å². The molecule has 0 fully saturated rings. The molecule has 0 aliphatic heterocycles. The number of amides is 1. The van der Waals surface area contributed by atoms with Crippen LogP contribution < -0.4 is 5.43 Å². The van der Waals surface area contributed by atoms with Gasteiger partial charge in [0.2, 0.25) is 0 Å². The molecule has 5 rings (SSSR count). The molecule has 1 aliphatic rings. The molecule has 0 saturated carbocycles. The Hall–Kier alpha value is -5.32. The molecule has 0 unspecified atom stereocenters. The molecule has 3 aromatic carbocycles. The van der Waals surface area contributed by atoms with Crippen molar-refractivity contribution in [2.75, 3.05) is 5.43 Å². The van der Waals surface area contributed by atoms with Gasteiger partial charge in [0.25, 0.3) is 11.6 Å². The van der Waals surface area contributed by atoms with E-state index in [0.29, 0.717) is 55.0 Å². The minimum atomic E-state index is -0.699. The number of fused-ring (bicyclic) bond motifs is 1. The van der Waals surface area contributed by atoms with Crippen LogP contribution in [0.5, 0.6) is 0 Å². The van der Waals surface area contributed by atoms with Crippen LogP contribution in [0.1, 0.15) is 51.4 Å². The Morgan fingerprint density at radius 1 is 0.927 bits per heavy atom. The van der Waals surface area contributed by atoms with E-state index in [4.69, 9.17) is 4.42 Å². The number of rotatable bonds is 9. The van der Waals surface area contributed by atoms with Crippen LogP contribution in [0.15, 0.2) is 88.4 Å². The van der Waals surface area contributed by atoms with Gasteiger partial charge < -0.3 is 9.32 Å². The van der Waals surface area contributed by atoms with E-state index in [1.54, 1.807) is 4.90 Å². The minimum absolute atomic E-state index is 0.0227. The van der Waals surface area contributed by atoms with Gasteiger partial charge in [0.1, 0.15) is 11.4 Å². The molecule has 11 heteroatoms. The van der Waals surface area contributed by atoms with E-state index in [0.717, 1.165) is 17.2 Å². The molecule has 208 valence electrons. The first-order valence-corrected chi connectivity index (χ1v) is 13.1. The number of nitrogens with zero attached hydrogens (tertiary/aromatic N) is 4. The Labute approximate surface area is 235 Å². The molecular formula is C30H27N5O6. The van der Waals surface area contributed by atoms with Crippen molar-refractivity contribution < 1.29 is 19.1 Å². The van der Waals surface area contributed by atoms with Gasteiger partial charge in [-0.2, -0.15) is 5.10 Å². The van der Waals surface area contributed by atoms with E-state index >= 15 is 0 Å². The van der Waals surface area contributed by atoms with Crippen molar-refractivity contribution in [3.05, 3.63) is 133 Å². The van der Waals surface area contributed by atoms with Crippen LogP contribution >= 0.6 is 0 Å². The van der Waals surface area contributed by atoms with Crippen molar-refractivity contribution in [3.63, 3.8) is 0 Å². The normalized spacial score (nSPS) is 13.4. The summed E-state index contributed by atoms with van der Waals surface area (Å²) in [6, 6.07) is 22.8. The maximum atomic E-state index is 13.9. The number of anilines is 1. The lowest BCUT2D eigenvalue weighted by molar-refractivity contribution is -0.393. The van der Waals surface area contributed by atoms with E-state index in [1.807, 2.05) is 67.6 Å². The Balaban J connectivity index is 1.46. The average Bonchev–Trinajstić information content (AvgIpc) is 3.33. The Kier molecular flexibility index (Phi) is 7.86. The summed E-state index contributed by atoms with van der Waals surface area (Å²) in [4.78, 5) is 36.9. The summed E-state index contributed by atoms with van der Waals surface area (Å²) in [6.07, 6.45) is 1.90. The summed E-state index contributed by atoms with van der Waals surface area (Å²) < 4.78 is 6.16. The van der Waals surface area contributed by atoms with Crippen LogP contribution in [0.25, 0.3) is 0 Å². The number of nitro benzene ring substituents is 2. The molecule has 41 heavy (non-hydrogen) atoms. The van der Waals surface area contributed by atoms with Gasteiger partial charge in [0.15, 0.2) is 5.76 Å². The highest BCUT2D eigenvalue weighted by Crippen LogP contribution is 2.33. The molecule has 0 spiro atoms. The fourth-order valence-electron chi connectivity index (χ4n) is 4.94. The van der Waals surface area contributed by atoms with Gasteiger partial charge >= 0.3 is 5.69 Å². The molecule has 4 aromatic rings. The molecule has 1 aromatic heterocycles. The van der Waals surface area contributed by atoms with Gasteiger partial charge in [-0.15, -0.1) is 0 Å². The summed E-state index contributed by atoms with van der Waals surface area (Å²) >= 11 is 0. The van der Waals surface area contributed by atoms with Crippen LogP contribution in [0.2, 0.25) is 0 Å². The third kappa shape index (κ3) is 5.98. The molecule has 11 nitrogen and oxygen atoms in total. The standard InChI is InChI=1S/C30H27N5O6/c1-20-28-25(32-31-24-16-15-23(34(37)38)17-26(24)35(39)40)13-8-14-27(28)41-29(20)30(36)33(18-21-9-4-2-5-10-21)19-22-11-6-3-7-12-22/h2-7,9-12,15-17,31H,8,13-14,18-19H2,1H3/b32-25+. The van der Waals surface area contributed by atoms with Crippen LogP contribution in [-0.4, -0.2) is 26.4 Å². The third-order valence-corrected chi connectivity index (χ3v) is 6.94. The highest BCUT2D eigenvalue weighted by molar-refractivity contribution is 6.06. The molecule has 0 bridgehead atoms. The SMILES string of the molecule is Cc1c(C(=O)N(Cc2ccccc2)Cc2ccccc2)oc2c1/C(=N/Nc1ccc([N+](=O)[O-])cc1[N+](=O)[O-])CCC2. The summed E-state index contributed by atoms with van der Waals surface area (Å²) in [5.74, 6) is 0.621. The van der Waals surface area contributed by atoms with Gasteiger partial charge in [-0.05, 0) is 37.0 Å². The Morgan fingerprint density at radius 3 is 2.15 bits per heavy atom. The average molecular weight is 554 g/mol. The third-order valence-electron chi connectivity index (χ3n) is 6.94. The predicted octanol–water partition coefficient (Wildman–Crippen LogP) is 6.40. The fourth-order valence-corrected chi connectivity index (χ4v) is 4.94. The van der Waals surface area contributed by atoms with Crippen LogP contribution in [0, 0.1) is 27.2 Å². The zero-order valence-electron chi connectivity index (χ0n) is 22.3. The number of nitro groups is 2. The van der Waals surface area contributed by atoms with E-state index in [2.05, 4.69) is 10.5 Å². The molecule has 0 radical (unpaired) electrons. The monoisotopic (exact) mass is 553 g/mol. The topological polar surface area (TPSA) is 144 Å². The summed E-state index contributed by atoms with van der Waals surface area (Å²) in [5.41, 5.74) is 5.81. The lowest BCUT2D eigenvalue weighted by Gasteiger charge is -2.22. The number of aryl methyl sites for hydroxylation is 1. The predicted molar refractivity (Wildman–Crippen MR) is 153 cm³/mol. The molecule has 0 saturated heterocycles. The van der Waals surface area contributed by atoms with Crippen molar-refractivity contribution in [2.45, 2.75) is 39.3 Å². The second-order valence-electron chi connectivity index (χ2n) is 9.73. The van der Waals surface area contributed by atoms with Gasteiger partial charge in [-0.25, -0.2) is 0 Å². The number of furan rings is 1. The van der Waals surface area contributed by atoms with Gasteiger partial charge in [0.05, 0.1) is 21.6 Å². The number of carbonyl (C=O) groups excluding carboxylic acids is 1. The first-order chi connectivity index (χ1) is 19.8. The van der Waals surface area contributed by atoms with E-state index in [1.165, 1.54) is 12.1 Å². The van der Waals surface area contributed by atoms with E-state index in [9.17, 15) is 25.0 Å². The van der Waals surface area contributed by atoms with Gasteiger partial charge in [-0.1, -0.05) is 60.7 Å². The number of hydrazone groups is 1. The second-order valence-corrected chi connectivity index (χ2v) is 9.73. The second kappa shape index (κ2) is 11.8. The quantitative estimate of drug-likeness (QED) is 0.186. The summed E-state index contributed by atoms with van der Waals surface area (Å²) in [7, 11) is 0. The molecule has 1 N–H and O–H groups in total. The lowest BCUT2D eigenvalue weighted by atomic mass is 9.93. The Bertz CT molecular complexity index is 1590. The number of benzene rings is 3. The van der Waals surface area contributed by atoms with Crippen LogP contribution in [0.3, 0.4) is 0 Å². The molecule has 0 atom stereocenters. The van der Waals surface area contributed by atoms with Crippen LogP contribution in [-0.2, 0) is 19.5 Å². The number of hydrogen-bond donors (Lipinski definition) is 1. The smallest absolute Gasteiger partial charge is 0.301 e. The molecule has 1 aliphatic carbocycles. The van der Waals surface area contributed by atoms with Crippen molar-refractivity contribution in [1.82, 2.24) is 4.90 Å². The van der Waals surface area contributed by atoms with Crippen LogP contribution in [0.4, 0.5) is 17.1 Å². The first kappa shape index (κ1) is 27.3. The maximum Gasteiger partial charge on any atom is 0.301 e. The summed E-state index contributed by atoms with van der Waals surface area (Å²) in [5, 5.41) is 27.0. The van der Waals surface area contributed by atoms with Gasteiger partial charge in [-0.3, -0.25) is 30.4 Å². The molecular weight excluding hydrogens is 526 g/mol. The Morgan fingerprint density at radius 2 is 1.56 bits per heavy atom. The van der Waals surface area contributed by atoms with Crippen molar-refractivity contribution in [2.24, 2.45) is 5.10 Å². The number of hydrogen-bond acceptors (Lipinski definition) is 8. The number of carbonyl (C=O) groups is 1. The largest absolute Gasteiger partial charge is 0.455 e. The number of nitrogens with one attached hydrogen (secondary N) is 1. The van der Waals surface area contributed by atoms with Crippen molar-refractivity contribution >= 4 is 28.7 Å². The maximum absolute atomic E-state index is 13.9. The van der Waals surface area contributed by atoms with Crippen molar-refractivity contribution in [1.29, 1.82) is 0 Å². The number of non-ortho nitro benzene ring substituents is 1. The minimum Gasteiger partial charge on any atom is -0.455 e. The first-order valence-electron chi connectivity index (χ1n) is 13.1. The zero-order chi connectivity index (χ0) is 28.9. The summed E-state index contributed by atoms with van der Waals surface area (Å²) in [6.45, 7) is 2.60. The van der Waals surface area contributed by atoms with E-state index in [-0.39, 0.29) is 23.0 Å². The van der Waals surface area contributed by atoms with Crippen molar-refractivity contribution in [3.8, 4) is 0 Å². The fraction of sp³-hybridized carbons (Fsp3) is 0.200. The molecule has 1 amide bonds. The highest BCUT2D eigenvalue weighted by Gasteiger charge is 2.30. The van der Waals surface area contributed by atoms with Gasteiger partial charge in [0, 0.05) is 36.7 Å². The zero-order valence-corrected chi connectivity index (χ0v) is 22.3. The highest BCUT2D eigenvalue weighted by atomic mass is 16.6. The lowest BCUT2D eigenvalue weighted by Crippen LogP contribution is -2.30.